The quantitative estimate of drug-likeness (QED) is 0.305. The Balaban J connectivity index is 1.57. The molecule has 1 N–H and O–H groups in total. The molecule has 0 bridgehead atoms. The highest BCUT2D eigenvalue weighted by molar-refractivity contribution is 6.25. The Bertz CT molecular complexity index is 1350. The lowest BCUT2D eigenvalue weighted by Crippen LogP contribution is -1.95. The number of benzene rings is 6. The van der Waals surface area contributed by atoms with Gasteiger partial charge >= 0.3 is 0 Å². The lowest BCUT2D eigenvalue weighted by molar-refractivity contribution is 1.22. The zero-order valence-corrected chi connectivity index (χ0v) is 16.6. The molecule has 142 valence electrons. The van der Waals surface area contributed by atoms with E-state index in [1.807, 2.05) is 6.07 Å². The van der Waals surface area contributed by atoms with Crippen molar-refractivity contribution >= 4 is 43.7 Å². The molecule has 6 rings (SSSR count). The summed E-state index contributed by atoms with van der Waals surface area (Å²) in [6, 6.07) is 39.2. The largest absolute Gasteiger partial charge is 0.355 e. The van der Waals surface area contributed by atoms with Gasteiger partial charge in [0.15, 0.2) is 0 Å². The molecule has 0 aliphatic rings. The molecule has 6 aromatic rings. The molecule has 0 radical (unpaired) electrons. The third-order valence-electron chi connectivity index (χ3n) is 6.05. The third-order valence-corrected chi connectivity index (χ3v) is 6.05. The Labute approximate surface area is 175 Å². The van der Waals surface area contributed by atoms with Gasteiger partial charge in [-0.2, -0.15) is 0 Å². The first-order valence-corrected chi connectivity index (χ1v) is 10.4. The Hall–Kier alpha value is -3.84. The van der Waals surface area contributed by atoms with Crippen LogP contribution in [-0.2, 0) is 6.42 Å². The number of rotatable bonds is 4. The maximum atomic E-state index is 3.61. The molecular weight excluding hydrogens is 362 g/mol. The van der Waals surface area contributed by atoms with Crippen LogP contribution in [0.4, 0.5) is 11.4 Å². The van der Waals surface area contributed by atoms with Gasteiger partial charge in [-0.15, -0.1) is 0 Å². The SMILES string of the molecule is c1ccc(Cc2ccc3ccc4c(Nc5ccccc5)ccc5ccc2c3c54)cc1. The first-order valence-electron chi connectivity index (χ1n) is 10.4. The fourth-order valence-electron chi connectivity index (χ4n) is 4.62. The Morgan fingerprint density at radius 1 is 0.500 bits per heavy atom. The molecular formula is C29H21N. The molecule has 1 nitrogen and oxygen atoms in total. The van der Waals surface area contributed by atoms with E-state index in [1.54, 1.807) is 0 Å². The minimum Gasteiger partial charge on any atom is -0.355 e. The Morgan fingerprint density at radius 2 is 1.10 bits per heavy atom. The first kappa shape index (κ1) is 17.1. The van der Waals surface area contributed by atoms with Crippen molar-refractivity contribution in [2.24, 2.45) is 0 Å². The number of hydrogen-bond acceptors (Lipinski definition) is 1. The minimum absolute atomic E-state index is 0.949. The van der Waals surface area contributed by atoms with Gasteiger partial charge in [0.2, 0.25) is 0 Å². The van der Waals surface area contributed by atoms with Gasteiger partial charge < -0.3 is 5.32 Å². The second-order valence-electron chi connectivity index (χ2n) is 7.91. The summed E-state index contributed by atoms with van der Waals surface area (Å²) in [6.45, 7) is 0. The normalized spacial score (nSPS) is 11.5. The van der Waals surface area contributed by atoms with Gasteiger partial charge in [-0.05, 0) is 62.7 Å². The van der Waals surface area contributed by atoms with Crippen LogP contribution in [0, 0.1) is 0 Å². The third kappa shape index (κ3) is 2.79. The molecule has 0 amide bonds. The number of anilines is 2. The van der Waals surface area contributed by atoms with Crippen LogP contribution in [0.3, 0.4) is 0 Å². The molecule has 0 fully saturated rings. The molecule has 0 aliphatic heterocycles. The smallest absolute Gasteiger partial charge is 0.0464 e. The van der Waals surface area contributed by atoms with Gasteiger partial charge in [0.1, 0.15) is 0 Å². The van der Waals surface area contributed by atoms with Gasteiger partial charge in [0.05, 0.1) is 0 Å². The minimum atomic E-state index is 0.949. The van der Waals surface area contributed by atoms with Crippen molar-refractivity contribution in [2.75, 3.05) is 5.32 Å². The van der Waals surface area contributed by atoms with E-state index in [0.29, 0.717) is 0 Å². The van der Waals surface area contributed by atoms with Crippen molar-refractivity contribution in [3.63, 3.8) is 0 Å². The highest BCUT2D eigenvalue weighted by Crippen LogP contribution is 2.40. The van der Waals surface area contributed by atoms with Crippen LogP contribution in [0.1, 0.15) is 11.1 Å². The second-order valence-corrected chi connectivity index (χ2v) is 7.91. The molecule has 0 spiro atoms. The van der Waals surface area contributed by atoms with E-state index in [2.05, 4.69) is 108 Å². The van der Waals surface area contributed by atoms with Crippen molar-refractivity contribution in [3.8, 4) is 0 Å². The summed E-state index contributed by atoms with van der Waals surface area (Å²) in [5, 5.41) is 11.5. The van der Waals surface area contributed by atoms with Crippen LogP contribution >= 0.6 is 0 Å². The highest BCUT2D eigenvalue weighted by atomic mass is 14.9. The molecule has 0 heterocycles. The molecule has 0 saturated heterocycles. The number of para-hydroxylation sites is 1. The van der Waals surface area contributed by atoms with Crippen molar-refractivity contribution in [1.82, 2.24) is 0 Å². The van der Waals surface area contributed by atoms with Gasteiger partial charge in [0, 0.05) is 16.8 Å². The fraction of sp³-hybridized carbons (Fsp3) is 0.0345. The van der Waals surface area contributed by atoms with E-state index in [4.69, 9.17) is 0 Å². The van der Waals surface area contributed by atoms with Crippen LogP contribution in [-0.4, -0.2) is 0 Å². The van der Waals surface area contributed by atoms with E-state index in [9.17, 15) is 0 Å². The molecule has 0 atom stereocenters. The summed E-state index contributed by atoms with van der Waals surface area (Å²) in [5.41, 5.74) is 4.98. The van der Waals surface area contributed by atoms with E-state index in [1.165, 1.54) is 43.4 Å². The molecule has 0 aromatic heterocycles. The molecule has 0 saturated carbocycles. The molecule has 6 aromatic carbocycles. The van der Waals surface area contributed by atoms with E-state index >= 15 is 0 Å². The van der Waals surface area contributed by atoms with E-state index in [0.717, 1.165) is 17.8 Å². The van der Waals surface area contributed by atoms with Gasteiger partial charge in [0.25, 0.3) is 0 Å². The van der Waals surface area contributed by atoms with Gasteiger partial charge in [-0.3, -0.25) is 0 Å². The van der Waals surface area contributed by atoms with Crippen molar-refractivity contribution in [2.45, 2.75) is 6.42 Å². The zero-order valence-electron chi connectivity index (χ0n) is 16.6. The second kappa shape index (κ2) is 6.89. The monoisotopic (exact) mass is 383 g/mol. The topological polar surface area (TPSA) is 12.0 Å². The fourth-order valence-corrected chi connectivity index (χ4v) is 4.62. The zero-order chi connectivity index (χ0) is 19.9. The summed E-state index contributed by atoms with van der Waals surface area (Å²) in [6.07, 6.45) is 0.949. The average molecular weight is 383 g/mol. The molecule has 0 aliphatic carbocycles. The Morgan fingerprint density at radius 3 is 1.87 bits per heavy atom. The Kier molecular flexibility index (Phi) is 3.92. The number of hydrogen-bond donors (Lipinski definition) is 1. The van der Waals surface area contributed by atoms with Crippen molar-refractivity contribution < 1.29 is 0 Å². The maximum absolute atomic E-state index is 3.61. The van der Waals surface area contributed by atoms with E-state index in [-0.39, 0.29) is 0 Å². The summed E-state index contributed by atoms with van der Waals surface area (Å²) in [5.74, 6) is 0. The van der Waals surface area contributed by atoms with Gasteiger partial charge in [-0.25, -0.2) is 0 Å². The van der Waals surface area contributed by atoms with Crippen molar-refractivity contribution in [1.29, 1.82) is 0 Å². The van der Waals surface area contributed by atoms with E-state index < -0.39 is 0 Å². The van der Waals surface area contributed by atoms with Crippen LogP contribution < -0.4 is 5.32 Å². The summed E-state index contributed by atoms with van der Waals surface area (Å²) < 4.78 is 0. The van der Waals surface area contributed by atoms with Gasteiger partial charge in [-0.1, -0.05) is 91.0 Å². The summed E-state index contributed by atoms with van der Waals surface area (Å²) >= 11 is 0. The molecule has 0 unspecified atom stereocenters. The predicted molar refractivity (Wildman–Crippen MR) is 129 cm³/mol. The average Bonchev–Trinajstić information content (AvgIpc) is 2.81. The van der Waals surface area contributed by atoms with Crippen LogP contribution in [0.2, 0.25) is 0 Å². The lowest BCUT2D eigenvalue weighted by Gasteiger charge is -2.17. The highest BCUT2D eigenvalue weighted by Gasteiger charge is 2.13. The van der Waals surface area contributed by atoms with Crippen LogP contribution in [0.25, 0.3) is 32.3 Å². The molecule has 30 heavy (non-hydrogen) atoms. The van der Waals surface area contributed by atoms with Crippen LogP contribution in [0.5, 0.6) is 0 Å². The summed E-state index contributed by atoms with van der Waals surface area (Å²) in [7, 11) is 0. The summed E-state index contributed by atoms with van der Waals surface area (Å²) in [4.78, 5) is 0. The first-order chi connectivity index (χ1) is 14.9. The standard InChI is InChI=1S/C29H21N/c1-3-7-20(8-4-1)19-23-12-11-21-14-17-26-27(30-24-9-5-2-6-10-24)18-15-22-13-16-25(23)28(21)29(22)26/h1-18,30H,19H2. The lowest BCUT2D eigenvalue weighted by atomic mass is 9.89. The van der Waals surface area contributed by atoms with Crippen molar-refractivity contribution in [3.05, 3.63) is 120 Å². The van der Waals surface area contributed by atoms with Crippen LogP contribution in [0.15, 0.2) is 109 Å². The number of nitrogens with one attached hydrogen (secondary N) is 1. The molecule has 1 heteroatoms. The maximum Gasteiger partial charge on any atom is 0.0464 e. The predicted octanol–water partition coefficient (Wildman–Crippen LogP) is 7.92.